The van der Waals surface area contributed by atoms with Gasteiger partial charge in [0.05, 0.1) is 31.8 Å². The van der Waals surface area contributed by atoms with Crippen molar-refractivity contribution < 1.29 is 29.3 Å². The number of rotatable bonds is 4. The van der Waals surface area contributed by atoms with Gasteiger partial charge in [-0.1, -0.05) is 0 Å². The van der Waals surface area contributed by atoms with Crippen molar-refractivity contribution in [2.45, 2.75) is 12.5 Å². The lowest BCUT2D eigenvalue weighted by Crippen LogP contribution is -2.46. The molecular formula is C14H17NO6. The lowest BCUT2D eigenvalue weighted by atomic mass is 10.1. The van der Waals surface area contributed by atoms with Crippen molar-refractivity contribution in [2.75, 3.05) is 26.8 Å². The lowest BCUT2D eigenvalue weighted by Gasteiger charge is -2.32. The molecule has 0 aliphatic carbocycles. The fourth-order valence-corrected chi connectivity index (χ4v) is 2.21. The number of morpholine rings is 1. The summed E-state index contributed by atoms with van der Waals surface area (Å²) in [6, 6.07) is 4.40. The van der Waals surface area contributed by atoms with Crippen molar-refractivity contribution in [1.82, 2.24) is 4.90 Å². The first kappa shape index (κ1) is 15.1. The van der Waals surface area contributed by atoms with Crippen LogP contribution in [-0.4, -0.2) is 59.9 Å². The Hall–Kier alpha value is -2.28. The fourth-order valence-electron chi connectivity index (χ4n) is 2.21. The summed E-state index contributed by atoms with van der Waals surface area (Å²) in [6.07, 6.45) is -0.693. The molecule has 1 aromatic carbocycles. The van der Waals surface area contributed by atoms with Crippen LogP contribution in [0.1, 0.15) is 16.8 Å². The van der Waals surface area contributed by atoms with E-state index >= 15 is 0 Å². The van der Waals surface area contributed by atoms with Gasteiger partial charge in [0.15, 0.2) is 0 Å². The Balaban J connectivity index is 2.13. The van der Waals surface area contributed by atoms with Gasteiger partial charge in [0.1, 0.15) is 11.5 Å². The average Bonchev–Trinajstić information content (AvgIpc) is 2.46. The van der Waals surface area contributed by atoms with Crippen LogP contribution in [0.2, 0.25) is 0 Å². The molecule has 1 aliphatic rings. The van der Waals surface area contributed by atoms with Gasteiger partial charge in [-0.15, -0.1) is 0 Å². The molecule has 0 aromatic heterocycles. The predicted octanol–water partition coefficient (Wildman–Crippen LogP) is 0.716. The van der Waals surface area contributed by atoms with Crippen molar-refractivity contribution in [3.63, 3.8) is 0 Å². The molecule has 1 atom stereocenters. The number of carbonyl (C=O) groups excluding carboxylic acids is 1. The molecule has 0 bridgehead atoms. The third-order valence-electron chi connectivity index (χ3n) is 3.26. The molecule has 1 aromatic rings. The van der Waals surface area contributed by atoms with Gasteiger partial charge in [-0.25, -0.2) is 0 Å². The van der Waals surface area contributed by atoms with Crippen LogP contribution in [0.4, 0.5) is 0 Å². The standard InChI is InChI=1S/C14H17NO6/c1-20-9-2-3-12(16)11(6-9)14(19)15-4-5-21-10(8-15)7-13(17)18/h2-3,6,10,16H,4-5,7-8H2,1H3,(H,17,18). The van der Waals surface area contributed by atoms with Crippen molar-refractivity contribution in [2.24, 2.45) is 0 Å². The van der Waals surface area contributed by atoms with Gasteiger partial charge >= 0.3 is 5.97 Å². The summed E-state index contributed by atoms with van der Waals surface area (Å²) in [5.41, 5.74) is 0.130. The first-order valence-corrected chi connectivity index (χ1v) is 6.51. The van der Waals surface area contributed by atoms with E-state index in [0.29, 0.717) is 12.3 Å². The Morgan fingerprint density at radius 1 is 1.48 bits per heavy atom. The Labute approximate surface area is 121 Å². The first-order valence-electron chi connectivity index (χ1n) is 6.51. The molecule has 21 heavy (non-hydrogen) atoms. The summed E-state index contributed by atoms with van der Waals surface area (Å²) in [7, 11) is 1.47. The molecule has 1 fully saturated rings. The number of amides is 1. The van der Waals surface area contributed by atoms with Crippen LogP contribution < -0.4 is 4.74 Å². The number of phenols is 1. The number of hydrogen-bond donors (Lipinski definition) is 2. The number of carboxylic acids is 1. The van der Waals surface area contributed by atoms with Crippen LogP contribution in [0.15, 0.2) is 18.2 Å². The summed E-state index contributed by atoms with van der Waals surface area (Å²) in [5.74, 6) is -1.02. The Bertz CT molecular complexity index is 544. The molecule has 1 aliphatic heterocycles. The Kier molecular flexibility index (Phi) is 4.64. The highest BCUT2D eigenvalue weighted by molar-refractivity contribution is 5.97. The maximum absolute atomic E-state index is 12.4. The maximum Gasteiger partial charge on any atom is 0.306 e. The normalized spacial score (nSPS) is 18.3. The van der Waals surface area contributed by atoms with Gasteiger partial charge in [-0.3, -0.25) is 9.59 Å². The second kappa shape index (κ2) is 6.45. The summed E-state index contributed by atoms with van der Waals surface area (Å²) in [4.78, 5) is 24.6. The number of methoxy groups -OCH3 is 1. The summed E-state index contributed by atoms with van der Waals surface area (Å²) >= 11 is 0. The zero-order valence-electron chi connectivity index (χ0n) is 11.6. The molecule has 1 saturated heterocycles. The minimum Gasteiger partial charge on any atom is -0.507 e. The number of benzene rings is 1. The highest BCUT2D eigenvalue weighted by Gasteiger charge is 2.28. The van der Waals surface area contributed by atoms with Crippen LogP contribution in [0.3, 0.4) is 0 Å². The molecule has 1 heterocycles. The van der Waals surface area contributed by atoms with E-state index < -0.39 is 12.1 Å². The van der Waals surface area contributed by atoms with Gasteiger partial charge in [0, 0.05) is 13.1 Å². The molecule has 2 rings (SSSR count). The SMILES string of the molecule is COc1ccc(O)c(C(=O)N2CCOC(CC(=O)O)C2)c1. The van der Waals surface area contributed by atoms with E-state index in [2.05, 4.69) is 0 Å². The molecule has 0 radical (unpaired) electrons. The number of hydrogen-bond acceptors (Lipinski definition) is 5. The second-order valence-electron chi connectivity index (χ2n) is 4.72. The number of ether oxygens (including phenoxy) is 2. The number of aromatic hydroxyl groups is 1. The fraction of sp³-hybridized carbons (Fsp3) is 0.429. The van der Waals surface area contributed by atoms with Crippen molar-refractivity contribution in [3.05, 3.63) is 23.8 Å². The molecule has 2 N–H and O–H groups in total. The minimum atomic E-state index is -0.974. The van der Waals surface area contributed by atoms with Gasteiger partial charge in [0.2, 0.25) is 0 Å². The van der Waals surface area contributed by atoms with Crippen molar-refractivity contribution in [1.29, 1.82) is 0 Å². The molecule has 114 valence electrons. The summed E-state index contributed by atoms with van der Waals surface area (Å²) in [5, 5.41) is 18.6. The van der Waals surface area contributed by atoms with E-state index in [9.17, 15) is 14.7 Å². The monoisotopic (exact) mass is 295 g/mol. The van der Waals surface area contributed by atoms with Gasteiger partial charge in [0.25, 0.3) is 5.91 Å². The van der Waals surface area contributed by atoms with Gasteiger partial charge in [-0.2, -0.15) is 0 Å². The van der Waals surface area contributed by atoms with Gasteiger partial charge in [-0.05, 0) is 18.2 Å². The van der Waals surface area contributed by atoms with Crippen LogP contribution in [0.25, 0.3) is 0 Å². The predicted molar refractivity (Wildman–Crippen MR) is 72.6 cm³/mol. The summed E-state index contributed by atoms with van der Waals surface area (Å²) in [6.45, 7) is 0.807. The summed E-state index contributed by atoms with van der Waals surface area (Å²) < 4.78 is 10.4. The topological polar surface area (TPSA) is 96.3 Å². The molecule has 1 amide bonds. The second-order valence-corrected chi connectivity index (χ2v) is 4.72. The maximum atomic E-state index is 12.4. The van der Waals surface area contributed by atoms with Crippen LogP contribution >= 0.6 is 0 Å². The van der Waals surface area contributed by atoms with E-state index in [0.717, 1.165) is 0 Å². The number of aliphatic carboxylic acids is 1. The number of carbonyl (C=O) groups is 2. The van der Waals surface area contributed by atoms with Gasteiger partial charge < -0.3 is 24.6 Å². The van der Waals surface area contributed by atoms with Crippen LogP contribution in [0.5, 0.6) is 11.5 Å². The zero-order chi connectivity index (χ0) is 15.4. The highest BCUT2D eigenvalue weighted by atomic mass is 16.5. The number of nitrogens with zero attached hydrogens (tertiary/aromatic N) is 1. The Morgan fingerprint density at radius 3 is 2.90 bits per heavy atom. The van der Waals surface area contributed by atoms with E-state index in [1.165, 1.54) is 24.1 Å². The quantitative estimate of drug-likeness (QED) is 0.849. The minimum absolute atomic E-state index is 0.130. The molecule has 1 unspecified atom stereocenters. The lowest BCUT2D eigenvalue weighted by molar-refractivity contribution is -0.141. The Morgan fingerprint density at radius 2 is 2.24 bits per heavy atom. The smallest absolute Gasteiger partial charge is 0.306 e. The largest absolute Gasteiger partial charge is 0.507 e. The molecular weight excluding hydrogens is 278 g/mol. The third-order valence-corrected chi connectivity index (χ3v) is 3.26. The zero-order valence-corrected chi connectivity index (χ0v) is 11.6. The van der Waals surface area contributed by atoms with E-state index in [4.69, 9.17) is 14.6 Å². The van der Waals surface area contributed by atoms with E-state index in [-0.39, 0.29) is 36.8 Å². The molecule has 0 spiro atoms. The van der Waals surface area contributed by atoms with Crippen molar-refractivity contribution in [3.8, 4) is 11.5 Å². The third kappa shape index (κ3) is 3.63. The molecule has 7 heteroatoms. The number of phenolic OH excluding ortho intramolecular Hbond substituents is 1. The van der Waals surface area contributed by atoms with Crippen LogP contribution in [0, 0.1) is 0 Å². The van der Waals surface area contributed by atoms with Crippen molar-refractivity contribution >= 4 is 11.9 Å². The average molecular weight is 295 g/mol. The van der Waals surface area contributed by atoms with Crippen LogP contribution in [-0.2, 0) is 9.53 Å². The molecule has 0 saturated carbocycles. The first-order chi connectivity index (χ1) is 10.0. The van der Waals surface area contributed by atoms with E-state index in [1.54, 1.807) is 6.07 Å². The highest BCUT2D eigenvalue weighted by Crippen LogP contribution is 2.25. The molecule has 7 nitrogen and oxygen atoms in total. The number of carboxylic acid groups (broad SMARTS) is 1. The van der Waals surface area contributed by atoms with E-state index in [1.807, 2.05) is 0 Å².